The molecule has 0 spiro atoms. The van der Waals surface area contributed by atoms with E-state index in [1.54, 1.807) is 0 Å². The van der Waals surface area contributed by atoms with Crippen molar-refractivity contribution in [1.82, 2.24) is 9.88 Å². The van der Waals surface area contributed by atoms with Crippen LogP contribution >= 0.6 is 0 Å². The number of aromatic amines is 1. The summed E-state index contributed by atoms with van der Waals surface area (Å²) in [6.07, 6.45) is 2.93. The molecule has 1 aliphatic rings. The van der Waals surface area contributed by atoms with E-state index in [2.05, 4.69) is 29.1 Å². The Morgan fingerprint density at radius 1 is 1.62 bits per heavy atom. The Hall–Kier alpha value is -1.31. The third kappa shape index (κ3) is 2.43. The Bertz CT molecular complexity index is 362. The first kappa shape index (κ1) is 11.2. The molecule has 1 aliphatic heterocycles. The fraction of sp³-hybridized carbons (Fsp3) is 0.583. The zero-order valence-corrected chi connectivity index (χ0v) is 9.57. The van der Waals surface area contributed by atoms with Gasteiger partial charge in [0.05, 0.1) is 19.3 Å². The largest absolute Gasteiger partial charge is 0.378 e. The van der Waals surface area contributed by atoms with Crippen LogP contribution in [0.3, 0.4) is 0 Å². The molecule has 2 heterocycles. The number of hydrogen-bond acceptors (Lipinski definition) is 3. The Kier molecular flexibility index (Phi) is 3.28. The summed E-state index contributed by atoms with van der Waals surface area (Å²) in [5.41, 5.74) is 0.979. The fourth-order valence-corrected chi connectivity index (χ4v) is 1.97. The van der Waals surface area contributed by atoms with Crippen LogP contribution in [0, 0.1) is 16.7 Å². The normalized spacial score (nSPS) is 18.1. The molecule has 0 bridgehead atoms. The lowest BCUT2D eigenvalue weighted by molar-refractivity contribution is -0.0886. The second kappa shape index (κ2) is 4.69. The molecule has 1 aromatic heterocycles. The van der Waals surface area contributed by atoms with E-state index < -0.39 is 0 Å². The van der Waals surface area contributed by atoms with Crippen molar-refractivity contribution in [3.8, 4) is 6.07 Å². The zero-order valence-electron chi connectivity index (χ0n) is 9.57. The number of aromatic nitrogens is 1. The van der Waals surface area contributed by atoms with Crippen LogP contribution in [-0.2, 0) is 11.2 Å². The maximum absolute atomic E-state index is 9.07. The highest BCUT2D eigenvalue weighted by Gasteiger charge is 2.39. The van der Waals surface area contributed by atoms with Gasteiger partial charge in [-0.15, -0.1) is 0 Å². The van der Waals surface area contributed by atoms with Gasteiger partial charge in [-0.3, -0.25) is 0 Å². The topological polar surface area (TPSA) is 52.0 Å². The molecular weight excluding hydrogens is 202 g/mol. The number of nitriles is 1. The van der Waals surface area contributed by atoms with Crippen LogP contribution < -0.4 is 0 Å². The third-order valence-corrected chi connectivity index (χ3v) is 2.99. The van der Waals surface area contributed by atoms with Gasteiger partial charge in [0.2, 0.25) is 0 Å². The molecule has 4 heteroatoms. The molecule has 0 unspecified atom stereocenters. The van der Waals surface area contributed by atoms with Crippen LogP contribution in [-0.4, -0.2) is 43.2 Å². The Morgan fingerprint density at radius 2 is 2.44 bits per heavy atom. The van der Waals surface area contributed by atoms with Gasteiger partial charge in [0.25, 0.3) is 0 Å². The van der Waals surface area contributed by atoms with Crippen molar-refractivity contribution in [2.24, 2.45) is 5.41 Å². The molecule has 0 aliphatic carbocycles. The summed E-state index contributed by atoms with van der Waals surface area (Å²) >= 11 is 0. The summed E-state index contributed by atoms with van der Waals surface area (Å²) in [6.45, 7) is 2.92. The van der Waals surface area contributed by atoms with Crippen molar-refractivity contribution in [3.05, 3.63) is 24.0 Å². The number of nitrogens with zero attached hydrogens (tertiary/aromatic N) is 2. The van der Waals surface area contributed by atoms with Gasteiger partial charge in [0.15, 0.2) is 0 Å². The highest BCUT2D eigenvalue weighted by Crippen LogP contribution is 2.27. The lowest BCUT2D eigenvalue weighted by Gasteiger charge is -2.37. The van der Waals surface area contributed by atoms with E-state index >= 15 is 0 Å². The molecule has 0 atom stereocenters. The maximum Gasteiger partial charge on any atom is 0.116 e. The Balaban J connectivity index is 1.76. The monoisotopic (exact) mass is 219 g/mol. The van der Waals surface area contributed by atoms with Gasteiger partial charge < -0.3 is 14.6 Å². The predicted octanol–water partition coefficient (Wildman–Crippen LogP) is 1.03. The van der Waals surface area contributed by atoms with E-state index in [-0.39, 0.29) is 5.41 Å². The van der Waals surface area contributed by atoms with E-state index in [4.69, 9.17) is 10.00 Å². The number of H-pyrrole nitrogens is 1. The van der Waals surface area contributed by atoms with E-state index in [1.807, 2.05) is 12.3 Å². The van der Waals surface area contributed by atoms with E-state index in [1.165, 1.54) is 5.69 Å². The molecule has 4 nitrogen and oxygen atoms in total. The van der Waals surface area contributed by atoms with Crippen LogP contribution in [0.2, 0.25) is 0 Å². The number of nitrogens with one attached hydrogen (secondary N) is 1. The molecule has 2 rings (SSSR count). The highest BCUT2D eigenvalue weighted by atomic mass is 16.5. The van der Waals surface area contributed by atoms with Crippen molar-refractivity contribution >= 4 is 0 Å². The summed E-state index contributed by atoms with van der Waals surface area (Å²) in [5, 5.41) is 9.07. The zero-order chi connectivity index (χ0) is 11.4. The molecular formula is C12H17N3O. The Morgan fingerprint density at radius 3 is 2.94 bits per heavy atom. The van der Waals surface area contributed by atoms with Gasteiger partial charge in [0.1, 0.15) is 5.41 Å². The van der Waals surface area contributed by atoms with Gasteiger partial charge in [0, 0.05) is 31.4 Å². The first-order chi connectivity index (χ1) is 7.74. The molecule has 16 heavy (non-hydrogen) atoms. The van der Waals surface area contributed by atoms with Crippen molar-refractivity contribution in [2.45, 2.75) is 6.42 Å². The number of hydrogen-bond donors (Lipinski definition) is 1. The van der Waals surface area contributed by atoms with E-state index in [9.17, 15) is 0 Å². The van der Waals surface area contributed by atoms with Gasteiger partial charge in [-0.25, -0.2) is 0 Å². The summed E-state index contributed by atoms with van der Waals surface area (Å²) in [4.78, 5) is 5.38. The van der Waals surface area contributed by atoms with Crippen LogP contribution in [0.15, 0.2) is 18.3 Å². The number of ether oxygens (including phenoxy) is 1. The SMILES string of the molecule is CN(CCc1ccc[nH]1)CC1(C#N)COC1. The summed E-state index contributed by atoms with van der Waals surface area (Å²) in [5.74, 6) is 0. The second-order valence-corrected chi connectivity index (χ2v) is 4.57. The Labute approximate surface area is 95.8 Å². The lowest BCUT2D eigenvalue weighted by Crippen LogP contribution is -2.49. The molecule has 86 valence electrons. The molecule has 0 amide bonds. The van der Waals surface area contributed by atoms with Crippen LogP contribution in [0.25, 0.3) is 0 Å². The summed E-state index contributed by atoms with van der Waals surface area (Å²) in [7, 11) is 2.06. The third-order valence-electron chi connectivity index (χ3n) is 2.99. The van der Waals surface area contributed by atoms with Crippen molar-refractivity contribution in [1.29, 1.82) is 5.26 Å². The smallest absolute Gasteiger partial charge is 0.116 e. The molecule has 1 saturated heterocycles. The number of rotatable bonds is 5. The fourth-order valence-electron chi connectivity index (χ4n) is 1.97. The summed E-state index contributed by atoms with van der Waals surface area (Å²) in [6, 6.07) is 6.45. The minimum atomic E-state index is -0.259. The van der Waals surface area contributed by atoms with Crippen LogP contribution in [0.5, 0.6) is 0 Å². The average molecular weight is 219 g/mol. The quantitative estimate of drug-likeness (QED) is 0.804. The minimum Gasteiger partial charge on any atom is -0.378 e. The molecule has 1 N–H and O–H groups in total. The highest BCUT2D eigenvalue weighted by molar-refractivity contribution is 5.06. The molecule has 1 fully saturated rings. The molecule has 0 radical (unpaired) electrons. The second-order valence-electron chi connectivity index (χ2n) is 4.57. The lowest BCUT2D eigenvalue weighted by atomic mass is 9.87. The van der Waals surface area contributed by atoms with Crippen molar-refractivity contribution in [2.75, 3.05) is 33.4 Å². The van der Waals surface area contributed by atoms with Gasteiger partial charge in [-0.1, -0.05) is 0 Å². The van der Waals surface area contributed by atoms with Crippen molar-refractivity contribution in [3.63, 3.8) is 0 Å². The summed E-state index contributed by atoms with van der Waals surface area (Å²) < 4.78 is 5.13. The standard InChI is InChI=1S/C12H17N3O/c1-15(6-4-11-3-2-5-14-11)8-12(7-13)9-16-10-12/h2-3,5,14H,4,6,8-10H2,1H3. The predicted molar refractivity (Wildman–Crippen MR) is 60.9 cm³/mol. The first-order valence-corrected chi connectivity index (χ1v) is 5.54. The van der Waals surface area contributed by atoms with E-state index in [0.717, 1.165) is 19.5 Å². The van der Waals surface area contributed by atoms with E-state index in [0.29, 0.717) is 13.2 Å². The maximum atomic E-state index is 9.07. The van der Waals surface area contributed by atoms with Gasteiger partial charge in [-0.05, 0) is 19.2 Å². The van der Waals surface area contributed by atoms with Crippen molar-refractivity contribution < 1.29 is 4.74 Å². The average Bonchev–Trinajstić information content (AvgIpc) is 2.73. The number of likely N-dealkylation sites (N-methyl/N-ethyl adjacent to an activating group) is 1. The van der Waals surface area contributed by atoms with Crippen LogP contribution in [0.4, 0.5) is 0 Å². The molecule has 1 aromatic rings. The first-order valence-electron chi connectivity index (χ1n) is 5.54. The minimum absolute atomic E-state index is 0.259. The molecule has 0 saturated carbocycles. The molecule has 0 aromatic carbocycles. The van der Waals surface area contributed by atoms with Crippen LogP contribution in [0.1, 0.15) is 5.69 Å². The van der Waals surface area contributed by atoms with Gasteiger partial charge in [-0.2, -0.15) is 5.26 Å². The van der Waals surface area contributed by atoms with Gasteiger partial charge >= 0.3 is 0 Å².